The monoisotopic (exact) mass is 287 g/mol. The summed E-state index contributed by atoms with van der Waals surface area (Å²) in [4.78, 5) is 14.7. The molecule has 0 amide bonds. The van der Waals surface area contributed by atoms with Crippen LogP contribution in [0.25, 0.3) is 16.5 Å². The van der Waals surface area contributed by atoms with Crippen LogP contribution in [0.4, 0.5) is 5.69 Å². The molecule has 1 heterocycles. The molecule has 0 aliphatic rings. The smallest absolute Gasteiger partial charge is 0.328 e. The minimum atomic E-state index is -0.925. The Hall–Kier alpha value is -2.07. The number of nitrogens with zero attached hydrogens (tertiary/aromatic N) is 1. The minimum Gasteiger partial charge on any atom is -0.478 e. The third-order valence-corrected chi connectivity index (χ3v) is 4.09. The molecule has 0 atom stereocenters. The van der Waals surface area contributed by atoms with Crippen molar-refractivity contribution in [1.82, 2.24) is 0 Å². The van der Waals surface area contributed by atoms with Gasteiger partial charge in [-0.2, -0.15) is 0 Å². The van der Waals surface area contributed by atoms with Gasteiger partial charge in [-0.1, -0.05) is 6.07 Å². The predicted octanol–water partition coefficient (Wildman–Crippen LogP) is 3.89. The summed E-state index contributed by atoms with van der Waals surface area (Å²) >= 11 is 1.59. The maximum absolute atomic E-state index is 10.5. The van der Waals surface area contributed by atoms with Crippen molar-refractivity contribution >= 4 is 29.1 Å². The molecule has 2 rings (SSSR count). The predicted molar refractivity (Wildman–Crippen MR) is 85.5 cm³/mol. The molecule has 0 aliphatic heterocycles. The van der Waals surface area contributed by atoms with E-state index in [9.17, 15) is 4.79 Å². The van der Waals surface area contributed by atoms with Gasteiger partial charge in [0.05, 0.1) is 0 Å². The fourth-order valence-corrected chi connectivity index (χ4v) is 2.94. The first-order valence-corrected chi connectivity index (χ1v) is 7.08. The minimum absolute atomic E-state index is 0.925. The third kappa shape index (κ3) is 3.27. The van der Waals surface area contributed by atoms with Crippen molar-refractivity contribution in [1.29, 1.82) is 0 Å². The third-order valence-electron chi connectivity index (χ3n) is 3.01. The fourth-order valence-electron chi connectivity index (χ4n) is 1.94. The summed E-state index contributed by atoms with van der Waals surface area (Å²) in [6.45, 7) is 2.09. The normalized spacial score (nSPS) is 10.9. The quantitative estimate of drug-likeness (QED) is 0.867. The van der Waals surface area contributed by atoms with Crippen LogP contribution in [0, 0.1) is 6.92 Å². The second-order valence-electron chi connectivity index (χ2n) is 4.77. The van der Waals surface area contributed by atoms with Crippen LogP contribution in [0.2, 0.25) is 0 Å². The van der Waals surface area contributed by atoms with Crippen LogP contribution < -0.4 is 4.90 Å². The van der Waals surface area contributed by atoms with Crippen molar-refractivity contribution in [2.24, 2.45) is 0 Å². The zero-order chi connectivity index (χ0) is 14.7. The molecular formula is C16H17NO2S. The highest BCUT2D eigenvalue weighted by Gasteiger charge is 2.06. The first-order valence-electron chi connectivity index (χ1n) is 6.26. The molecule has 104 valence electrons. The van der Waals surface area contributed by atoms with Gasteiger partial charge in [0, 0.05) is 35.6 Å². The van der Waals surface area contributed by atoms with Gasteiger partial charge in [-0.3, -0.25) is 0 Å². The van der Waals surface area contributed by atoms with E-state index < -0.39 is 5.97 Å². The standard InChI is InChI=1S/C16H17NO2S/c1-11-10-12(17(2)3)4-7-14(11)15-8-5-13(20-15)6-9-16(18)19/h4-10H,1-3H3,(H,18,19)/b9-6+. The van der Waals surface area contributed by atoms with E-state index in [4.69, 9.17) is 5.11 Å². The SMILES string of the molecule is Cc1cc(N(C)C)ccc1-c1ccc(/C=C/C(=O)O)s1. The number of carbonyl (C=O) groups is 1. The zero-order valence-electron chi connectivity index (χ0n) is 11.8. The van der Waals surface area contributed by atoms with Gasteiger partial charge in [0.25, 0.3) is 0 Å². The van der Waals surface area contributed by atoms with Crippen molar-refractivity contribution in [3.8, 4) is 10.4 Å². The summed E-state index contributed by atoms with van der Waals surface area (Å²) in [7, 11) is 4.04. The number of aliphatic carboxylic acids is 1. The van der Waals surface area contributed by atoms with Gasteiger partial charge >= 0.3 is 5.97 Å². The lowest BCUT2D eigenvalue weighted by atomic mass is 10.1. The first kappa shape index (κ1) is 14.3. The molecule has 0 fully saturated rings. The fraction of sp³-hybridized carbons (Fsp3) is 0.188. The summed E-state index contributed by atoms with van der Waals surface area (Å²) in [6, 6.07) is 10.3. The molecule has 3 nitrogen and oxygen atoms in total. The highest BCUT2D eigenvalue weighted by Crippen LogP contribution is 2.32. The molecule has 0 spiro atoms. The van der Waals surface area contributed by atoms with Crippen molar-refractivity contribution in [2.45, 2.75) is 6.92 Å². The van der Waals surface area contributed by atoms with Crippen LogP contribution in [-0.4, -0.2) is 25.2 Å². The van der Waals surface area contributed by atoms with Crippen LogP contribution in [0.1, 0.15) is 10.4 Å². The van der Waals surface area contributed by atoms with Crippen molar-refractivity contribution in [3.63, 3.8) is 0 Å². The van der Waals surface area contributed by atoms with E-state index >= 15 is 0 Å². The highest BCUT2D eigenvalue weighted by atomic mass is 32.1. The average Bonchev–Trinajstić information content (AvgIpc) is 2.84. The van der Waals surface area contributed by atoms with Gasteiger partial charge in [-0.05, 0) is 48.4 Å². The lowest BCUT2D eigenvalue weighted by Gasteiger charge is -2.14. The Morgan fingerprint density at radius 3 is 2.60 bits per heavy atom. The van der Waals surface area contributed by atoms with Gasteiger partial charge in [0.1, 0.15) is 0 Å². The van der Waals surface area contributed by atoms with E-state index in [1.807, 2.05) is 26.2 Å². The van der Waals surface area contributed by atoms with Crippen molar-refractivity contribution in [3.05, 3.63) is 46.8 Å². The number of thiophene rings is 1. The molecule has 4 heteroatoms. The number of rotatable bonds is 4. The van der Waals surface area contributed by atoms with Crippen molar-refractivity contribution < 1.29 is 9.90 Å². The molecule has 1 aromatic heterocycles. The maximum Gasteiger partial charge on any atom is 0.328 e. The molecule has 1 N–H and O–H groups in total. The van der Waals surface area contributed by atoms with Gasteiger partial charge in [-0.15, -0.1) is 11.3 Å². The van der Waals surface area contributed by atoms with Gasteiger partial charge in [0.2, 0.25) is 0 Å². The Labute approximate surface area is 122 Å². The van der Waals surface area contributed by atoms with Crippen molar-refractivity contribution in [2.75, 3.05) is 19.0 Å². The van der Waals surface area contributed by atoms with Crippen LogP contribution >= 0.6 is 11.3 Å². The summed E-state index contributed by atoms with van der Waals surface area (Å²) in [6.07, 6.45) is 2.79. The van der Waals surface area contributed by atoms with E-state index in [0.717, 1.165) is 15.8 Å². The van der Waals surface area contributed by atoms with Crippen LogP contribution in [0.3, 0.4) is 0 Å². The number of anilines is 1. The maximum atomic E-state index is 10.5. The Morgan fingerprint density at radius 2 is 2.00 bits per heavy atom. The molecule has 1 aromatic carbocycles. The molecule has 0 bridgehead atoms. The Balaban J connectivity index is 2.30. The van der Waals surface area contributed by atoms with E-state index in [0.29, 0.717) is 0 Å². The number of hydrogen-bond acceptors (Lipinski definition) is 3. The number of hydrogen-bond donors (Lipinski definition) is 1. The van der Waals surface area contributed by atoms with E-state index in [2.05, 4.69) is 30.0 Å². The molecule has 20 heavy (non-hydrogen) atoms. The summed E-state index contributed by atoms with van der Waals surface area (Å²) in [5, 5.41) is 8.64. The number of benzene rings is 1. The highest BCUT2D eigenvalue weighted by molar-refractivity contribution is 7.16. The van der Waals surface area contributed by atoms with Crippen LogP contribution in [0.5, 0.6) is 0 Å². The van der Waals surface area contributed by atoms with Gasteiger partial charge < -0.3 is 10.0 Å². The van der Waals surface area contributed by atoms with E-state index in [1.165, 1.54) is 16.8 Å². The Kier molecular flexibility index (Phi) is 4.25. The average molecular weight is 287 g/mol. The van der Waals surface area contributed by atoms with E-state index in [1.54, 1.807) is 17.4 Å². The molecule has 0 saturated heterocycles. The molecule has 2 aromatic rings. The summed E-state index contributed by atoms with van der Waals surface area (Å²) in [5.41, 5.74) is 3.58. The topological polar surface area (TPSA) is 40.5 Å². The second kappa shape index (κ2) is 5.92. The Bertz CT molecular complexity index is 656. The van der Waals surface area contributed by atoms with Gasteiger partial charge in [-0.25, -0.2) is 4.79 Å². The Morgan fingerprint density at radius 1 is 1.25 bits per heavy atom. The summed E-state index contributed by atoms with van der Waals surface area (Å²) in [5.74, 6) is -0.925. The molecule has 0 aliphatic carbocycles. The first-order chi connectivity index (χ1) is 9.47. The lowest BCUT2D eigenvalue weighted by molar-refractivity contribution is -0.131. The van der Waals surface area contributed by atoms with E-state index in [-0.39, 0.29) is 0 Å². The molecule has 0 saturated carbocycles. The largest absolute Gasteiger partial charge is 0.478 e. The lowest BCUT2D eigenvalue weighted by Crippen LogP contribution is -2.08. The molecular weight excluding hydrogens is 270 g/mol. The van der Waals surface area contributed by atoms with Crippen LogP contribution in [-0.2, 0) is 4.79 Å². The second-order valence-corrected chi connectivity index (χ2v) is 5.88. The molecule has 0 radical (unpaired) electrons. The molecule has 0 unspecified atom stereocenters. The van der Waals surface area contributed by atoms with Crippen LogP contribution in [0.15, 0.2) is 36.4 Å². The number of carboxylic acids is 1. The van der Waals surface area contributed by atoms with Gasteiger partial charge in [0.15, 0.2) is 0 Å². The number of aryl methyl sites for hydroxylation is 1. The summed E-state index contributed by atoms with van der Waals surface area (Å²) < 4.78 is 0. The number of carboxylic acid groups (broad SMARTS) is 1. The zero-order valence-corrected chi connectivity index (χ0v) is 12.6.